The number of hydrogen-bond donors (Lipinski definition) is 0. The average molecular weight is 337 g/mol. The Morgan fingerprint density at radius 2 is 2.13 bits per heavy atom. The molecule has 3 heterocycles. The molecule has 122 valence electrons. The molecule has 0 unspecified atom stereocenters. The van der Waals surface area contributed by atoms with E-state index in [4.69, 9.17) is 20.9 Å². The largest absolute Gasteiger partial charge is 0.468 e. The molecule has 0 amide bonds. The van der Waals surface area contributed by atoms with Crippen molar-refractivity contribution in [1.29, 1.82) is 0 Å². The van der Waals surface area contributed by atoms with E-state index in [0.29, 0.717) is 36.8 Å². The Hall–Kier alpha value is -2.15. The zero-order valence-electron chi connectivity index (χ0n) is 13.0. The number of methoxy groups -OCH3 is 1. The number of aromatic nitrogens is 3. The van der Waals surface area contributed by atoms with Crippen molar-refractivity contribution in [3.05, 3.63) is 34.9 Å². The summed E-state index contributed by atoms with van der Waals surface area (Å²) in [6.07, 6.45) is 2.79. The maximum absolute atomic E-state index is 12.4. The number of anilines is 1. The highest BCUT2D eigenvalue weighted by atomic mass is 35.5. The van der Waals surface area contributed by atoms with Gasteiger partial charge in [0.1, 0.15) is 5.41 Å². The first-order valence-electron chi connectivity index (χ1n) is 7.30. The molecule has 0 radical (unpaired) electrons. The van der Waals surface area contributed by atoms with Crippen molar-refractivity contribution in [2.75, 3.05) is 25.1 Å². The number of nitrogens with zero attached hydrogens (tertiary/aromatic N) is 4. The van der Waals surface area contributed by atoms with Gasteiger partial charge in [-0.25, -0.2) is 0 Å². The van der Waals surface area contributed by atoms with Crippen LogP contribution >= 0.6 is 11.6 Å². The Kier molecular flexibility index (Phi) is 4.21. The fraction of sp³-hybridized carbons (Fsp3) is 0.467. The van der Waals surface area contributed by atoms with Crippen LogP contribution in [0.1, 0.15) is 24.3 Å². The summed E-state index contributed by atoms with van der Waals surface area (Å²) in [7, 11) is 1.40. The number of piperidine rings is 1. The zero-order chi connectivity index (χ0) is 16.4. The molecule has 0 bridgehead atoms. The Labute approximate surface area is 138 Å². The van der Waals surface area contributed by atoms with Crippen molar-refractivity contribution in [3.8, 4) is 0 Å². The fourth-order valence-corrected chi connectivity index (χ4v) is 3.14. The van der Waals surface area contributed by atoms with Crippen LogP contribution in [0.4, 0.5) is 5.69 Å². The van der Waals surface area contributed by atoms with Gasteiger partial charge in [0.2, 0.25) is 0 Å². The Morgan fingerprint density at radius 3 is 2.70 bits per heavy atom. The molecule has 1 aliphatic heterocycles. The number of carbonyl (C=O) groups is 1. The Morgan fingerprint density at radius 1 is 1.39 bits per heavy atom. The summed E-state index contributed by atoms with van der Waals surface area (Å²) in [6.45, 7) is 3.13. The zero-order valence-corrected chi connectivity index (χ0v) is 13.7. The first-order valence-corrected chi connectivity index (χ1v) is 7.68. The summed E-state index contributed by atoms with van der Waals surface area (Å²) in [5.41, 5.74) is 0.838. The molecule has 0 atom stereocenters. The highest BCUT2D eigenvalue weighted by Crippen LogP contribution is 2.38. The lowest BCUT2D eigenvalue weighted by Gasteiger charge is -2.38. The van der Waals surface area contributed by atoms with Gasteiger partial charge in [0.25, 0.3) is 0 Å². The molecule has 1 fully saturated rings. The van der Waals surface area contributed by atoms with Gasteiger partial charge in [0.15, 0.2) is 10.9 Å². The maximum atomic E-state index is 12.4. The molecule has 0 saturated carbocycles. The molecular weight excluding hydrogens is 320 g/mol. The number of rotatable bonds is 3. The third kappa shape index (κ3) is 2.88. The second-order valence-electron chi connectivity index (χ2n) is 5.63. The first-order chi connectivity index (χ1) is 11.0. The number of carbonyl (C=O) groups excluding carboxylic acids is 1. The molecule has 1 saturated heterocycles. The topological polar surface area (TPSA) is 81.4 Å². The van der Waals surface area contributed by atoms with E-state index in [1.165, 1.54) is 7.11 Å². The van der Waals surface area contributed by atoms with E-state index in [9.17, 15) is 4.79 Å². The molecule has 7 nitrogen and oxygen atoms in total. The lowest BCUT2D eigenvalue weighted by molar-refractivity contribution is -0.149. The van der Waals surface area contributed by atoms with Gasteiger partial charge in [-0.15, -0.1) is 5.10 Å². The predicted octanol–water partition coefficient (Wildman–Crippen LogP) is 2.14. The second kappa shape index (κ2) is 6.16. The quantitative estimate of drug-likeness (QED) is 0.794. The first kappa shape index (κ1) is 15.7. The molecule has 3 rings (SSSR count). The molecule has 23 heavy (non-hydrogen) atoms. The molecule has 0 aliphatic carbocycles. The third-order valence-electron chi connectivity index (χ3n) is 4.27. The molecule has 0 N–H and O–H groups in total. The lowest BCUT2D eigenvalue weighted by atomic mass is 9.76. The van der Waals surface area contributed by atoms with E-state index < -0.39 is 5.41 Å². The molecule has 2 aromatic heterocycles. The van der Waals surface area contributed by atoms with Crippen LogP contribution < -0.4 is 4.90 Å². The van der Waals surface area contributed by atoms with Crippen molar-refractivity contribution >= 4 is 23.3 Å². The van der Waals surface area contributed by atoms with E-state index in [1.54, 1.807) is 18.3 Å². The Bertz CT molecular complexity index is 710. The molecule has 2 aromatic rings. The van der Waals surface area contributed by atoms with Gasteiger partial charge in [0, 0.05) is 25.2 Å². The minimum Gasteiger partial charge on any atom is -0.468 e. The number of halogens is 1. The minimum absolute atomic E-state index is 0.292. The van der Waals surface area contributed by atoms with Crippen LogP contribution in [-0.2, 0) is 14.9 Å². The number of ether oxygens (including phenoxy) is 1. The van der Waals surface area contributed by atoms with E-state index in [0.717, 1.165) is 11.4 Å². The van der Waals surface area contributed by atoms with Crippen molar-refractivity contribution in [2.24, 2.45) is 0 Å². The van der Waals surface area contributed by atoms with Crippen molar-refractivity contribution in [2.45, 2.75) is 25.2 Å². The number of esters is 1. The van der Waals surface area contributed by atoms with Gasteiger partial charge in [-0.05, 0) is 19.8 Å². The monoisotopic (exact) mass is 336 g/mol. The van der Waals surface area contributed by atoms with Gasteiger partial charge < -0.3 is 14.2 Å². The summed E-state index contributed by atoms with van der Waals surface area (Å²) >= 11 is 5.89. The van der Waals surface area contributed by atoms with E-state index in [1.807, 2.05) is 6.92 Å². The van der Waals surface area contributed by atoms with Crippen LogP contribution in [0, 0.1) is 6.92 Å². The van der Waals surface area contributed by atoms with Gasteiger partial charge in [-0.1, -0.05) is 16.8 Å². The fourth-order valence-electron chi connectivity index (χ4n) is 2.99. The van der Waals surface area contributed by atoms with Crippen molar-refractivity contribution in [1.82, 2.24) is 15.4 Å². The highest BCUT2D eigenvalue weighted by Gasteiger charge is 2.47. The van der Waals surface area contributed by atoms with Crippen molar-refractivity contribution in [3.63, 3.8) is 0 Å². The van der Waals surface area contributed by atoms with Crippen LogP contribution in [0.5, 0.6) is 0 Å². The molecular formula is C15H17ClN4O3. The van der Waals surface area contributed by atoms with Crippen LogP contribution in [0.3, 0.4) is 0 Å². The Balaban J connectivity index is 1.84. The van der Waals surface area contributed by atoms with Gasteiger partial charge in [-0.3, -0.25) is 4.79 Å². The highest BCUT2D eigenvalue weighted by molar-refractivity contribution is 6.29. The second-order valence-corrected chi connectivity index (χ2v) is 6.02. The van der Waals surface area contributed by atoms with Crippen molar-refractivity contribution < 1.29 is 14.1 Å². The normalized spacial score (nSPS) is 17.1. The van der Waals surface area contributed by atoms with Crippen LogP contribution in [0.2, 0.25) is 5.15 Å². The molecule has 8 heteroatoms. The number of hydrogen-bond acceptors (Lipinski definition) is 7. The van der Waals surface area contributed by atoms with Crippen LogP contribution in [-0.4, -0.2) is 41.5 Å². The maximum Gasteiger partial charge on any atom is 0.319 e. The van der Waals surface area contributed by atoms with Crippen LogP contribution in [0.25, 0.3) is 0 Å². The predicted molar refractivity (Wildman–Crippen MR) is 83.4 cm³/mol. The standard InChI is InChI=1S/C15H17ClN4O3/c1-10-7-12(23-19-10)15(14(21)22-2)3-5-20(6-4-15)11-8-13(16)18-17-9-11/h7-9H,3-6H2,1-2H3. The van der Waals surface area contributed by atoms with Gasteiger partial charge in [0.05, 0.1) is 24.7 Å². The minimum atomic E-state index is -0.795. The summed E-state index contributed by atoms with van der Waals surface area (Å²) in [5, 5.41) is 11.9. The van der Waals surface area contributed by atoms with Crippen LogP contribution in [0.15, 0.2) is 22.9 Å². The number of aryl methyl sites for hydroxylation is 1. The summed E-state index contributed by atoms with van der Waals surface area (Å²) < 4.78 is 10.4. The summed E-state index contributed by atoms with van der Waals surface area (Å²) in [6, 6.07) is 3.57. The summed E-state index contributed by atoms with van der Waals surface area (Å²) in [5.74, 6) is 0.270. The van der Waals surface area contributed by atoms with Gasteiger partial charge in [-0.2, -0.15) is 5.10 Å². The molecule has 0 aromatic carbocycles. The summed E-state index contributed by atoms with van der Waals surface area (Å²) in [4.78, 5) is 14.5. The smallest absolute Gasteiger partial charge is 0.319 e. The van der Waals surface area contributed by atoms with E-state index in [2.05, 4.69) is 20.3 Å². The third-order valence-corrected chi connectivity index (χ3v) is 4.45. The molecule has 1 aliphatic rings. The van der Waals surface area contributed by atoms with E-state index in [-0.39, 0.29) is 5.97 Å². The SMILES string of the molecule is COC(=O)C1(c2cc(C)no2)CCN(c2cnnc(Cl)c2)CC1. The molecule has 0 spiro atoms. The van der Waals surface area contributed by atoms with Gasteiger partial charge >= 0.3 is 5.97 Å². The van der Waals surface area contributed by atoms with E-state index >= 15 is 0 Å². The lowest BCUT2D eigenvalue weighted by Crippen LogP contribution is -2.47. The average Bonchev–Trinajstić information content (AvgIpc) is 3.01.